The van der Waals surface area contributed by atoms with Gasteiger partial charge in [-0.15, -0.1) is 0 Å². The lowest BCUT2D eigenvalue weighted by Gasteiger charge is -2.28. The molecule has 34 heavy (non-hydrogen) atoms. The monoisotopic (exact) mass is 478 g/mol. The number of hydrogen-bond acceptors (Lipinski definition) is 5. The number of carbonyl (C=O) groups excluding carboxylic acids is 1. The molecule has 3 aromatic rings. The average molecular weight is 479 g/mol. The molecule has 1 amide bonds. The third-order valence-corrected chi connectivity index (χ3v) is 8.04. The van der Waals surface area contributed by atoms with Gasteiger partial charge in [0, 0.05) is 30.8 Å². The van der Waals surface area contributed by atoms with Crippen LogP contribution < -0.4 is 10.1 Å². The number of nitrogens with one attached hydrogen (secondary N) is 1. The van der Waals surface area contributed by atoms with Gasteiger partial charge in [-0.2, -0.15) is 4.31 Å². The van der Waals surface area contributed by atoms with Gasteiger partial charge in [0.05, 0.1) is 24.9 Å². The highest BCUT2D eigenvalue weighted by atomic mass is 32.2. The Bertz CT molecular complexity index is 1260. The molecule has 0 radical (unpaired) electrons. The molecule has 5 rings (SSSR count). The Kier molecular flexibility index (Phi) is 6.36. The fourth-order valence-electron chi connectivity index (χ4n) is 4.46. The van der Waals surface area contributed by atoms with Crippen LogP contribution in [0.4, 0.5) is 0 Å². The lowest BCUT2D eigenvalue weighted by Crippen LogP contribution is -2.41. The summed E-state index contributed by atoms with van der Waals surface area (Å²) in [6, 6.07) is 22.4. The average Bonchev–Trinajstić information content (AvgIpc) is 2.87. The van der Waals surface area contributed by atoms with Crippen LogP contribution in [0.3, 0.4) is 0 Å². The van der Waals surface area contributed by atoms with Gasteiger partial charge >= 0.3 is 0 Å². The molecule has 176 valence electrons. The van der Waals surface area contributed by atoms with Gasteiger partial charge in [-0.3, -0.25) is 4.79 Å². The van der Waals surface area contributed by atoms with Crippen LogP contribution in [0.15, 0.2) is 72.8 Å². The van der Waals surface area contributed by atoms with E-state index in [4.69, 9.17) is 9.47 Å². The first-order chi connectivity index (χ1) is 16.5. The van der Waals surface area contributed by atoms with Gasteiger partial charge in [0.1, 0.15) is 11.5 Å². The number of carbonyl (C=O) groups is 1. The number of para-hydroxylation sites is 2. The predicted molar refractivity (Wildman–Crippen MR) is 128 cm³/mol. The molecule has 8 heteroatoms. The molecule has 0 aliphatic carbocycles. The Morgan fingerprint density at radius 3 is 2.06 bits per heavy atom. The summed E-state index contributed by atoms with van der Waals surface area (Å²) in [7, 11) is -3.47. The topological polar surface area (TPSA) is 84.9 Å². The maximum atomic E-state index is 13.4. The first kappa shape index (κ1) is 22.6. The highest BCUT2D eigenvalue weighted by Crippen LogP contribution is 2.43. The van der Waals surface area contributed by atoms with Crippen molar-refractivity contribution < 1.29 is 22.7 Å². The minimum Gasteiger partial charge on any atom is -0.457 e. The smallest absolute Gasteiger partial charge is 0.232 e. The summed E-state index contributed by atoms with van der Waals surface area (Å²) in [5, 5.41) is 3.03. The number of nitrogens with zero attached hydrogens (tertiary/aromatic N) is 1. The molecule has 0 bridgehead atoms. The van der Waals surface area contributed by atoms with E-state index in [9.17, 15) is 13.2 Å². The largest absolute Gasteiger partial charge is 0.457 e. The van der Waals surface area contributed by atoms with Crippen LogP contribution in [0.25, 0.3) is 0 Å². The maximum absolute atomic E-state index is 13.4. The molecule has 1 N–H and O–H groups in total. The van der Waals surface area contributed by atoms with E-state index in [1.165, 1.54) is 4.31 Å². The molecule has 0 aromatic heterocycles. The van der Waals surface area contributed by atoms with E-state index in [-0.39, 0.29) is 18.2 Å². The molecule has 7 nitrogen and oxygen atoms in total. The predicted octanol–water partition coefficient (Wildman–Crippen LogP) is 3.40. The zero-order valence-corrected chi connectivity index (χ0v) is 19.5. The van der Waals surface area contributed by atoms with E-state index in [1.54, 1.807) is 6.07 Å². The van der Waals surface area contributed by atoms with Crippen LogP contribution in [0.5, 0.6) is 11.5 Å². The number of morpholine rings is 1. The molecule has 0 atom stereocenters. The van der Waals surface area contributed by atoms with E-state index < -0.39 is 15.9 Å². The normalized spacial score (nSPS) is 16.2. The van der Waals surface area contributed by atoms with Gasteiger partial charge in [0.15, 0.2) is 0 Å². The van der Waals surface area contributed by atoms with Gasteiger partial charge in [-0.25, -0.2) is 8.42 Å². The first-order valence-corrected chi connectivity index (χ1v) is 12.9. The number of rotatable bonds is 6. The van der Waals surface area contributed by atoms with Crippen LogP contribution in [-0.2, 0) is 31.9 Å². The molecule has 2 aliphatic rings. The Morgan fingerprint density at radius 1 is 0.853 bits per heavy atom. The molecule has 1 saturated heterocycles. The molecular formula is C26H26N2O5S. The summed E-state index contributed by atoms with van der Waals surface area (Å²) in [6.45, 7) is 1.78. The van der Waals surface area contributed by atoms with Crippen LogP contribution in [-0.4, -0.2) is 44.9 Å². The van der Waals surface area contributed by atoms with Gasteiger partial charge in [-0.05, 0) is 23.3 Å². The van der Waals surface area contributed by atoms with Gasteiger partial charge in [-0.1, -0.05) is 60.7 Å². The summed E-state index contributed by atoms with van der Waals surface area (Å²) in [5.74, 6) is 0.554. The maximum Gasteiger partial charge on any atom is 0.232 e. The van der Waals surface area contributed by atoms with E-state index in [1.807, 2.05) is 66.7 Å². The third-order valence-electron chi connectivity index (χ3n) is 6.21. The summed E-state index contributed by atoms with van der Waals surface area (Å²) < 4.78 is 38.6. The van der Waals surface area contributed by atoms with Crippen molar-refractivity contribution in [3.63, 3.8) is 0 Å². The minimum atomic E-state index is -3.47. The highest BCUT2D eigenvalue weighted by Gasteiger charge is 2.32. The lowest BCUT2D eigenvalue weighted by molar-refractivity contribution is -0.122. The second-order valence-electron chi connectivity index (χ2n) is 8.36. The van der Waals surface area contributed by atoms with Gasteiger partial charge in [0.2, 0.25) is 15.9 Å². The molecule has 1 fully saturated rings. The van der Waals surface area contributed by atoms with Crippen molar-refractivity contribution in [3.8, 4) is 11.5 Å². The first-order valence-electron chi connectivity index (χ1n) is 11.3. The molecule has 0 saturated carbocycles. The molecule has 0 unspecified atom stereocenters. The van der Waals surface area contributed by atoms with E-state index in [0.29, 0.717) is 43.4 Å². The number of sulfonamides is 1. The Labute approximate surface area is 199 Å². The van der Waals surface area contributed by atoms with Crippen LogP contribution in [0.1, 0.15) is 28.2 Å². The zero-order valence-electron chi connectivity index (χ0n) is 18.6. The lowest BCUT2D eigenvalue weighted by atomic mass is 9.87. The van der Waals surface area contributed by atoms with Gasteiger partial charge < -0.3 is 14.8 Å². The number of amides is 1. The number of fused-ring (bicyclic) bond motifs is 2. The van der Waals surface area contributed by atoms with Crippen LogP contribution >= 0.6 is 0 Å². The molecule has 2 heterocycles. The van der Waals surface area contributed by atoms with E-state index in [2.05, 4.69) is 5.32 Å². The SMILES string of the molecule is O=C(NCc1ccccc1CS(=O)(=O)N1CCOCC1)C1c2ccccc2Oc2ccccc21. The van der Waals surface area contributed by atoms with Crippen LogP contribution in [0.2, 0.25) is 0 Å². The number of benzene rings is 3. The van der Waals surface area contributed by atoms with Crippen molar-refractivity contribution in [3.05, 3.63) is 95.1 Å². The second kappa shape index (κ2) is 9.58. The van der Waals surface area contributed by atoms with Crippen molar-refractivity contribution >= 4 is 15.9 Å². The summed E-state index contributed by atoms with van der Waals surface area (Å²) in [5.41, 5.74) is 3.08. The van der Waals surface area contributed by atoms with Crippen molar-refractivity contribution in [1.29, 1.82) is 0 Å². The summed E-state index contributed by atoms with van der Waals surface area (Å²) in [6.07, 6.45) is 0. The van der Waals surface area contributed by atoms with Gasteiger partial charge in [0.25, 0.3) is 0 Å². The fraction of sp³-hybridized carbons (Fsp3) is 0.269. The molecular weight excluding hydrogens is 452 g/mol. The fourth-order valence-corrected chi connectivity index (χ4v) is 6.02. The second-order valence-corrected chi connectivity index (χ2v) is 10.3. The van der Waals surface area contributed by atoms with Crippen molar-refractivity contribution in [2.75, 3.05) is 26.3 Å². The zero-order chi connectivity index (χ0) is 23.5. The van der Waals surface area contributed by atoms with Crippen LogP contribution in [0, 0.1) is 0 Å². The minimum absolute atomic E-state index is 0.109. The standard InChI is InChI=1S/C26H26N2O5S/c29-26(25-21-9-3-5-11-23(21)33-24-12-6-4-10-22(24)25)27-17-19-7-1-2-8-20(19)18-34(30,31)28-13-15-32-16-14-28/h1-12,25H,13-18H2,(H,27,29). The van der Waals surface area contributed by atoms with Crippen molar-refractivity contribution in [2.45, 2.75) is 18.2 Å². The van der Waals surface area contributed by atoms with E-state index >= 15 is 0 Å². The third kappa shape index (κ3) is 4.57. The quantitative estimate of drug-likeness (QED) is 0.587. The Balaban J connectivity index is 1.35. The van der Waals surface area contributed by atoms with Crippen molar-refractivity contribution in [1.82, 2.24) is 9.62 Å². The Morgan fingerprint density at radius 2 is 1.41 bits per heavy atom. The Hall–Kier alpha value is -3.20. The van der Waals surface area contributed by atoms with E-state index in [0.717, 1.165) is 16.7 Å². The summed E-state index contributed by atoms with van der Waals surface area (Å²) in [4.78, 5) is 13.4. The number of hydrogen-bond donors (Lipinski definition) is 1. The molecule has 3 aromatic carbocycles. The highest BCUT2D eigenvalue weighted by molar-refractivity contribution is 7.88. The number of ether oxygens (including phenoxy) is 2. The van der Waals surface area contributed by atoms with Crippen molar-refractivity contribution in [2.24, 2.45) is 0 Å². The summed E-state index contributed by atoms with van der Waals surface area (Å²) >= 11 is 0. The molecule has 2 aliphatic heterocycles. The molecule has 0 spiro atoms.